The van der Waals surface area contributed by atoms with Crippen LogP contribution in [0.5, 0.6) is 0 Å². The summed E-state index contributed by atoms with van der Waals surface area (Å²) >= 11 is 0. The number of hydrogen-bond donors (Lipinski definition) is 1. The Hall–Kier alpha value is -0.720. The molecule has 0 amide bonds. The van der Waals surface area contributed by atoms with Gasteiger partial charge < -0.3 is 5.11 Å². The highest BCUT2D eigenvalue weighted by atomic mass is 16.2. The highest BCUT2D eigenvalue weighted by Crippen LogP contribution is 2.14. The second-order valence-electron chi connectivity index (χ2n) is 2.00. The molecule has 0 bridgehead atoms. The van der Waals surface area contributed by atoms with Crippen LogP contribution in [0.15, 0.2) is 24.0 Å². The maximum absolute atomic E-state index is 8.48. The minimum atomic E-state index is 1.03. The number of hydrogen-bond acceptors (Lipinski definition) is 1. The standard InChI is InChI=1S/C7H10O/c8-6-7-4-2-1-3-5-7/h2,4,6,8H,1,3,5H2/b7-6+. The van der Waals surface area contributed by atoms with Crippen molar-refractivity contribution >= 4 is 0 Å². The van der Waals surface area contributed by atoms with Gasteiger partial charge >= 0.3 is 0 Å². The zero-order chi connectivity index (χ0) is 5.82. The first kappa shape index (κ1) is 5.42. The van der Waals surface area contributed by atoms with Gasteiger partial charge in [-0.1, -0.05) is 12.2 Å². The van der Waals surface area contributed by atoms with Crippen molar-refractivity contribution in [3.05, 3.63) is 24.0 Å². The number of allylic oxidation sites excluding steroid dienone is 3. The fraction of sp³-hybridized carbons (Fsp3) is 0.429. The van der Waals surface area contributed by atoms with E-state index in [2.05, 4.69) is 6.08 Å². The van der Waals surface area contributed by atoms with Crippen molar-refractivity contribution in [3.63, 3.8) is 0 Å². The van der Waals surface area contributed by atoms with Gasteiger partial charge in [0.25, 0.3) is 0 Å². The molecular weight excluding hydrogens is 100 g/mol. The van der Waals surface area contributed by atoms with Gasteiger partial charge in [0.05, 0.1) is 6.26 Å². The Morgan fingerprint density at radius 1 is 1.62 bits per heavy atom. The maximum Gasteiger partial charge on any atom is 0.0823 e. The summed E-state index contributed by atoms with van der Waals surface area (Å²) in [5.41, 5.74) is 1.05. The van der Waals surface area contributed by atoms with Crippen LogP contribution in [-0.2, 0) is 0 Å². The molecule has 0 atom stereocenters. The van der Waals surface area contributed by atoms with Gasteiger partial charge in [0.1, 0.15) is 0 Å². The van der Waals surface area contributed by atoms with E-state index in [1.807, 2.05) is 6.08 Å². The van der Waals surface area contributed by atoms with E-state index in [1.54, 1.807) is 0 Å². The van der Waals surface area contributed by atoms with Gasteiger partial charge in [0, 0.05) is 0 Å². The van der Waals surface area contributed by atoms with Crippen molar-refractivity contribution in [3.8, 4) is 0 Å². The molecule has 0 aromatic heterocycles. The molecule has 0 heterocycles. The van der Waals surface area contributed by atoms with Gasteiger partial charge in [-0.2, -0.15) is 0 Å². The molecule has 1 aliphatic rings. The maximum atomic E-state index is 8.48. The predicted octanol–water partition coefficient (Wildman–Crippen LogP) is 2.17. The summed E-state index contributed by atoms with van der Waals surface area (Å²) in [6.07, 6.45) is 8.64. The van der Waals surface area contributed by atoms with E-state index in [1.165, 1.54) is 12.7 Å². The Labute approximate surface area is 49.3 Å². The summed E-state index contributed by atoms with van der Waals surface area (Å²) in [5.74, 6) is 0. The van der Waals surface area contributed by atoms with Crippen LogP contribution in [0, 0.1) is 0 Å². The van der Waals surface area contributed by atoms with Crippen LogP contribution in [-0.4, -0.2) is 5.11 Å². The largest absolute Gasteiger partial charge is 0.515 e. The normalized spacial score (nSPS) is 24.2. The van der Waals surface area contributed by atoms with Crippen molar-refractivity contribution in [2.75, 3.05) is 0 Å². The minimum Gasteiger partial charge on any atom is -0.515 e. The monoisotopic (exact) mass is 110 g/mol. The minimum absolute atomic E-state index is 1.03. The second kappa shape index (κ2) is 2.55. The lowest BCUT2D eigenvalue weighted by Gasteiger charge is -2.03. The van der Waals surface area contributed by atoms with Crippen molar-refractivity contribution in [2.45, 2.75) is 19.3 Å². The molecule has 0 unspecified atom stereocenters. The lowest BCUT2D eigenvalue weighted by molar-refractivity contribution is 0.465. The van der Waals surface area contributed by atoms with Crippen LogP contribution in [0.4, 0.5) is 0 Å². The summed E-state index contributed by atoms with van der Waals surface area (Å²) in [6, 6.07) is 0. The lowest BCUT2D eigenvalue weighted by Crippen LogP contribution is -1.84. The van der Waals surface area contributed by atoms with Gasteiger partial charge in [-0.15, -0.1) is 0 Å². The van der Waals surface area contributed by atoms with Crippen LogP contribution in [0.25, 0.3) is 0 Å². The average Bonchev–Trinajstić information content (AvgIpc) is 1.90. The zero-order valence-electron chi connectivity index (χ0n) is 4.80. The summed E-state index contributed by atoms with van der Waals surface area (Å²) in [7, 11) is 0. The topological polar surface area (TPSA) is 20.2 Å². The first-order valence-electron chi connectivity index (χ1n) is 2.93. The highest BCUT2D eigenvalue weighted by Gasteiger charge is 1.96. The molecule has 1 N–H and O–H groups in total. The second-order valence-corrected chi connectivity index (χ2v) is 2.00. The zero-order valence-corrected chi connectivity index (χ0v) is 4.80. The van der Waals surface area contributed by atoms with E-state index in [9.17, 15) is 0 Å². The fourth-order valence-corrected chi connectivity index (χ4v) is 0.850. The molecule has 1 heteroatoms. The van der Waals surface area contributed by atoms with Gasteiger partial charge in [0.2, 0.25) is 0 Å². The summed E-state index contributed by atoms with van der Waals surface area (Å²) in [6.45, 7) is 0. The van der Waals surface area contributed by atoms with E-state index in [4.69, 9.17) is 5.11 Å². The molecule has 0 spiro atoms. The molecule has 8 heavy (non-hydrogen) atoms. The third-order valence-electron chi connectivity index (χ3n) is 1.33. The van der Waals surface area contributed by atoms with Gasteiger partial charge in [0.15, 0.2) is 0 Å². The summed E-state index contributed by atoms with van der Waals surface area (Å²) in [4.78, 5) is 0. The molecule has 0 saturated heterocycles. The quantitative estimate of drug-likeness (QED) is 0.474. The highest BCUT2D eigenvalue weighted by molar-refractivity contribution is 5.18. The van der Waals surface area contributed by atoms with Crippen molar-refractivity contribution in [1.82, 2.24) is 0 Å². The van der Waals surface area contributed by atoms with Gasteiger partial charge in [-0.05, 0) is 24.8 Å². The molecule has 1 rings (SSSR count). The smallest absolute Gasteiger partial charge is 0.0823 e. The first-order chi connectivity index (χ1) is 3.93. The summed E-state index contributed by atoms with van der Waals surface area (Å²) < 4.78 is 0. The van der Waals surface area contributed by atoms with Crippen LogP contribution in [0.2, 0.25) is 0 Å². The Kier molecular flexibility index (Phi) is 1.73. The Morgan fingerprint density at radius 3 is 2.88 bits per heavy atom. The molecule has 0 saturated carbocycles. The molecule has 1 nitrogen and oxygen atoms in total. The molecule has 1 aliphatic carbocycles. The van der Waals surface area contributed by atoms with Crippen molar-refractivity contribution in [2.24, 2.45) is 0 Å². The van der Waals surface area contributed by atoms with E-state index >= 15 is 0 Å². The van der Waals surface area contributed by atoms with Crippen LogP contribution < -0.4 is 0 Å². The molecule has 0 radical (unpaired) electrons. The van der Waals surface area contributed by atoms with Crippen LogP contribution >= 0.6 is 0 Å². The summed E-state index contributed by atoms with van der Waals surface area (Å²) in [5, 5.41) is 8.48. The molecule has 0 fully saturated rings. The molecule has 0 aromatic carbocycles. The Bertz CT molecular complexity index is 122. The molecular formula is C7H10O. The van der Waals surface area contributed by atoms with Crippen LogP contribution in [0.1, 0.15) is 19.3 Å². The predicted molar refractivity (Wildman–Crippen MR) is 33.7 cm³/mol. The van der Waals surface area contributed by atoms with E-state index in [-0.39, 0.29) is 0 Å². The third-order valence-corrected chi connectivity index (χ3v) is 1.33. The number of aliphatic hydroxyl groups is 1. The van der Waals surface area contributed by atoms with Crippen LogP contribution in [0.3, 0.4) is 0 Å². The SMILES string of the molecule is O/C=C1\C=CCCC1. The van der Waals surface area contributed by atoms with E-state index in [0.29, 0.717) is 0 Å². The van der Waals surface area contributed by atoms with Gasteiger partial charge in [-0.3, -0.25) is 0 Å². The van der Waals surface area contributed by atoms with Gasteiger partial charge in [-0.25, -0.2) is 0 Å². The molecule has 0 aromatic rings. The lowest BCUT2D eigenvalue weighted by atomic mass is 10.0. The number of rotatable bonds is 0. The third kappa shape index (κ3) is 1.12. The van der Waals surface area contributed by atoms with E-state index in [0.717, 1.165) is 18.4 Å². The van der Waals surface area contributed by atoms with Crippen molar-refractivity contribution < 1.29 is 5.11 Å². The molecule has 44 valence electrons. The van der Waals surface area contributed by atoms with E-state index < -0.39 is 0 Å². The Balaban J connectivity index is 2.56. The van der Waals surface area contributed by atoms with Crippen molar-refractivity contribution in [1.29, 1.82) is 0 Å². The average molecular weight is 110 g/mol. The first-order valence-corrected chi connectivity index (χ1v) is 2.93. The Morgan fingerprint density at radius 2 is 2.50 bits per heavy atom. The fourth-order valence-electron chi connectivity index (χ4n) is 0.850. The number of aliphatic hydroxyl groups excluding tert-OH is 1. The molecule has 0 aliphatic heterocycles.